The van der Waals surface area contributed by atoms with Crippen LogP contribution in [0.3, 0.4) is 0 Å². The Labute approximate surface area is 205 Å². The number of rotatable bonds is 7. The first-order valence-corrected chi connectivity index (χ1v) is 12.7. The molecule has 2 saturated carbocycles. The molecule has 192 valence electrons. The van der Waals surface area contributed by atoms with Gasteiger partial charge in [0.05, 0.1) is 5.69 Å². The van der Waals surface area contributed by atoms with E-state index in [-0.39, 0.29) is 37.0 Å². The van der Waals surface area contributed by atoms with Crippen LogP contribution in [0.1, 0.15) is 81.1 Å². The Hall–Kier alpha value is -2.71. The monoisotopic (exact) mass is 491 g/mol. The highest BCUT2D eigenvalue weighted by atomic mass is 19.3. The normalized spacial score (nSPS) is 19.4. The van der Waals surface area contributed by atoms with Crippen LogP contribution in [0.15, 0.2) is 12.1 Å². The SMILES string of the molecule is Cc1cc2c(cc1C(=O)N(C(C)C)C1CCCCC1)N(CCNC(=O)C(F)F)C(=O)C1(CCC1)O2. The molecule has 7 nitrogen and oxygen atoms in total. The molecule has 9 heteroatoms. The van der Waals surface area contributed by atoms with Crippen LogP contribution in [-0.2, 0) is 9.59 Å². The van der Waals surface area contributed by atoms with Crippen LogP contribution in [0.2, 0.25) is 0 Å². The Bertz CT molecular complexity index is 987. The molecule has 2 fully saturated rings. The fourth-order valence-electron chi connectivity index (χ4n) is 5.53. The lowest BCUT2D eigenvalue weighted by Crippen LogP contribution is -2.61. The van der Waals surface area contributed by atoms with Crippen LogP contribution in [0.25, 0.3) is 0 Å². The summed E-state index contributed by atoms with van der Waals surface area (Å²) in [5.41, 5.74) is 0.764. The van der Waals surface area contributed by atoms with Gasteiger partial charge in [-0.15, -0.1) is 0 Å². The number of fused-ring (bicyclic) bond motifs is 1. The summed E-state index contributed by atoms with van der Waals surface area (Å²) in [5.74, 6) is -1.19. The molecule has 1 aliphatic heterocycles. The zero-order valence-electron chi connectivity index (χ0n) is 20.7. The molecule has 3 aliphatic rings. The Balaban J connectivity index is 1.66. The van der Waals surface area contributed by atoms with Crippen molar-refractivity contribution in [2.24, 2.45) is 0 Å². The second kappa shape index (κ2) is 10.1. The maximum atomic E-state index is 13.8. The fraction of sp³-hybridized carbons (Fsp3) is 0.654. The number of carbonyl (C=O) groups excluding carboxylic acids is 3. The lowest BCUT2D eigenvalue weighted by Gasteiger charge is -2.47. The van der Waals surface area contributed by atoms with Gasteiger partial charge >= 0.3 is 6.43 Å². The van der Waals surface area contributed by atoms with Crippen molar-refractivity contribution in [3.63, 3.8) is 0 Å². The number of alkyl halides is 2. The van der Waals surface area contributed by atoms with Gasteiger partial charge < -0.3 is 19.9 Å². The van der Waals surface area contributed by atoms with Gasteiger partial charge in [-0.1, -0.05) is 19.3 Å². The van der Waals surface area contributed by atoms with E-state index in [4.69, 9.17) is 4.74 Å². The van der Waals surface area contributed by atoms with Crippen molar-refractivity contribution in [2.75, 3.05) is 18.0 Å². The Morgan fingerprint density at radius 1 is 1.17 bits per heavy atom. The number of aryl methyl sites for hydroxylation is 1. The molecule has 1 aromatic carbocycles. The summed E-state index contributed by atoms with van der Waals surface area (Å²) in [4.78, 5) is 42.0. The molecule has 1 N–H and O–H groups in total. The summed E-state index contributed by atoms with van der Waals surface area (Å²) in [6.07, 6.45) is 4.25. The van der Waals surface area contributed by atoms with Crippen LogP contribution in [0.5, 0.6) is 5.75 Å². The largest absolute Gasteiger partial charge is 0.475 e. The molecule has 1 aromatic rings. The minimum Gasteiger partial charge on any atom is -0.475 e. The molecule has 0 aromatic heterocycles. The van der Waals surface area contributed by atoms with E-state index in [0.717, 1.165) is 37.7 Å². The van der Waals surface area contributed by atoms with Gasteiger partial charge in [0.1, 0.15) is 5.75 Å². The topological polar surface area (TPSA) is 79.0 Å². The standard InChI is InChI=1S/C26H35F2N3O4/c1-16(2)31(18-8-5-4-6-9-18)24(33)19-15-20-21(14-17(19)3)35-26(10-7-11-26)25(34)30(20)13-12-29-23(32)22(27)28/h14-16,18,22H,4-13H2,1-3H3,(H,29,32). The van der Waals surface area contributed by atoms with Crippen molar-refractivity contribution in [3.8, 4) is 5.75 Å². The van der Waals surface area contributed by atoms with E-state index < -0.39 is 17.9 Å². The number of ether oxygens (including phenoxy) is 1. The van der Waals surface area contributed by atoms with Crippen molar-refractivity contribution in [1.29, 1.82) is 0 Å². The molecular weight excluding hydrogens is 456 g/mol. The second-order valence-corrected chi connectivity index (χ2v) is 10.2. The second-order valence-electron chi connectivity index (χ2n) is 10.2. The number of carbonyl (C=O) groups is 3. The Morgan fingerprint density at radius 2 is 1.86 bits per heavy atom. The molecule has 0 unspecified atom stereocenters. The third-order valence-corrected chi connectivity index (χ3v) is 7.52. The molecule has 1 spiro atoms. The molecule has 0 radical (unpaired) electrons. The molecule has 0 atom stereocenters. The molecule has 2 aliphatic carbocycles. The Kier molecular flexibility index (Phi) is 7.33. The summed E-state index contributed by atoms with van der Waals surface area (Å²) < 4.78 is 31.4. The predicted molar refractivity (Wildman–Crippen MR) is 128 cm³/mol. The first kappa shape index (κ1) is 25.4. The summed E-state index contributed by atoms with van der Waals surface area (Å²) in [5, 5.41) is 2.17. The van der Waals surface area contributed by atoms with Crippen LogP contribution >= 0.6 is 0 Å². The summed E-state index contributed by atoms with van der Waals surface area (Å²) in [6.45, 7) is 5.80. The zero-order valence-corrected chi connectivity index (χ0v) is 20.7. The lowest BCUT2D eigenvalue weighted by atomic mass is 9.77. The van der Waals surface area contributed by atoms with E-state index in [0.29, 0.717) is 29.8 Å². The van der Waals surface area contributed by atoms with Crippen LogP contribution < -0.4 is 15.0 Å². The number of nitrogens with zero attached hydrogens (tertiary/aromatic N) is 2. The van der Waals surface area contributed by atoms with Crippen molar-refractivity contribution < 1.29 is 27.9 Å². The van der Waals surface area contributed by atoms with E-state index in [2.05, 4.69) is 5.32 Å². The number of halogens is 2. The third-order valence-electron chi connectivity index (χ3n) is 7.52. The van der Waals surface area contributed by atoms with E-state index in [9.17, 15) is 23.2 Å². The summed E-state index contributed by atoms with van der Waals surface area (Å²) in [7, 11) is 0. The number of nitrogens with one attached hydrogen (secondary N) is 1. The molecule has 35 heavy (non-hydrogen) atoms. The van der Waals surface area contributed by atoms with E-state index in [1.807, 2.05) is 25.7 Å². The van der Waals surface area contributed by atoms with Crippen molar-refractivity contribution in [2.45, 2.75) is 96.2 Å². The number of amides is 3. The first-order valence-electron chi connectivity index (χ1n) is 12.7. The van der Waals surface area contributed by atoms with Gasteiger partial charge in [0, 0.05) is 30.7 Å². The van der Waals surface area contributed by atoms with Gasteiger partial charge in [-0.2, -0.15) is 8.78 Å². The van der Waals surface area contributed by atoms with E-state index in [1.165, 1.54) is 11.3 Å². The van der Waals surface area contributed by atoms with Gasteiger partial charge in [-0.25, -0.2) is 0 Å². The van der Waals surface area contributed by atoms with Crippen molar-refractivity contribution in [1.82, 2.24) is 10.2 Å². The van der Waals surface area contributed by atoms with Gasteiger partial charge in [-0.3, -0.25) is 14.4 Å². The first-order chi connectivity index (χ1) is 16.6. The van der Waals surface area contributed by atoms with Crippen LogP contribution in [0, 0.1) is 6.92 Å². The molecule has 0 saturated heterocycles. The summed E-state index contributed by atoms with van der Waals surface area (Å²) >= 11 is 0. The highest BCUT2D eigenvalue weighted by Gasteiger charge is 2.52. The highest BCUT2D eigenvalue weighted by Crippen LogP contribution is 2.47. The molecule has 4 rings (SSSR count). The molecule has 1 heterocycles. The van der Waals surface area contributed by atoms with Crippen molar-refractivity contribution in [3.05, 3.63) is 23.3 Å². The third kappa shape index (κ3) is 4.86. The average molecular weight is 492 g/mol. The molecule has 0 bridgehead atoms. The maximum Gasteiger partial charge on any atom is 0.315 e. The van der Waals surface area contributed by atoms with E-state index in [1.54, 1.807) is 12.1 Å². The maximum absolute atomic E-state index is 13.8. The fourth-order valence-corrected chi connectivity index (χ4v) is 5.53. The Morgan fingerprint density at radius 3 is 2.43 bits per heavy atom. The van der Waals surface area contributed by atoms with Crippen LogP contribution in [0.4, 0.5) is 14.5 Å². The smallest absolute Gasteiger partial charge is 0.315 e. The average Bonchev–Trinajstić information content (AvgIpc) is 2.79. The van der Waals surface area contributed by atoms with Crippen LogP contribution in [-0.4, -0.2) is 59.8 Å². The van der Waals surface area contributed by atoms with Crippen molar-refractivity contribution >= 4 is 23.4 Å². The molecular formula is C26H35F2N3O4. The van der Waals surface area contributed by atoms with E-state index >= 15 is 0 Å². The quantitative estimate of drug-likeness (QED) is 0.620. The highest BCUT2D eigenvalue weighted by molar-refractivity contribution is 6.05. The van der Waals surface area contributed by atoms with Gasteiger partial charge in [-0.05, 0) is 70.6 Å². The summed E-state index contributed by atoms with van der Waals surface area (Å²) in [6, 6.07) is 3.71. The number of hydrogen-bond donors (Lipinski definition) is 1. The zero-order chi connectivity index (χ0) is 25.3. The molecule has 3 amide bonds. The van der Waals surface area contributed by atoms with Gasteiger partial charge in [0.2, 0.25) is 0 Å². The van der Waals surface area contributed by atoms with Gasteiger partial charge in [0.15, 0.2) is 5.60 Å². The predicted octanol–water partition coefficient (Wildman–Crippen LogP) is 4.21. The van der Waals surface area contributed by atoms with Gasteiger partial charge in [0.25, 0.3) is 17.7 Å². The number of benzene rings is 1. The number of anilines is 1. The minimum atomic E-state index is -3.12. The lowest BCUT2D eigenvalue weighted by molar-refractivity contribution is -0.143. The minimum absolute atomic E-state index is 0.0165. The number of hydrogen-bond acceptors (Lipinski definition) is 4.